The highest BCUT2D eigenvalue weighted by molar-refractivity contribution is 6.31. The van der Waals surface area contributed by atoms with Gasteiger partial charge in [-0.05, 0) is 73.6 Å². The highest BCUT2D eigenvalue weighted by Crippen LogP contribution is 2.55. The van der Waals surface area contributed by atoms with Crippen molar-refractivity contribution >= 4 is 40.9 Å². The predicted octanol–water partition coefficient (Wildman–Crippen LogP) is 7.20. The average molecular weight is 939 g/mol. The minimum absolute atomic E-state index is 0.0195. The van der Waals surface area contributed by atoms with E-state index < -0.39 is 35.4 Å². The lowest BCUT2D eigenvalue weighted by Gasteiger charge is -2.63. The van der Waals surface area contributed by atoms with Gasteiger partial charge in [-0.15, -0.1) is 0 Å². The summed E-state index contributed by atoms with van der Waals surface area (Å²) in [6.07, 6.45) is 2.84. The summed E-state index contributed by atoms with van der Waals surface area (Å²) in [7, 11) is 0. The number of β-amino-alcohol motifs (C(OH)–C–C–N with tert-alkyl or cyclic N) is 1. The molecule has 15 nitrogen and oxygen atoms in total. The minimum atomic E-state index is -0.955. The Hall–Kier alpha value is -5.95. The first-order valence-corrected chi connectivity index (χ1v) is 23.2. The molecule has 0 bridgehead atoms. The van der Waals surface area contributed by atoms with E-state index in [-0.39, 0.29) is 60.9 Å². The van der Waals surface area contributed by atoms with Gasteiger partial charge in [0.1, 0.15) is 36.6 Å². The number of halogens is 1. The fourth-order valence-corrected chi connectivity index (χ4v) is 9.65. The Labute approximate surface area is 398 Å². The summed E-state index contributed by atoms with van der Waals surface area (Å²) in [5, 5.41) is 32.5. The van der Waals surface area contributed by atoms with Crippen LogP contribution in [0.3, 0.4) is 0 Å². The molecule has 1 aromatic heterocycles. The maximum absolute atomic E-state index is 14.0. The van der Waals surface area contributed by atoms with Crippen LogP contribution in [0.4, 0.5) is 5.69 Å². The molecule has 1 aliphatic carbocycles. The van der Waals surface area contributed by atoms with Gasteiger partial charge in [-0.25, -0.2) is 4.98 Å². The minimum Gasteiger partial charge on any atom is -0.489 e. The van der Waals surface area contributed by atoms with Crippen molar-refractivity contribution < 1.29 is 38.2 Å². The van der Waals surface area contributed by atoms with Gasteiger partial charge in [0.25, 0.3) is 5.91 Å². The van der Waals surface area contributed by atoms with Crippen molar-refractivity contribution in [3.63, 3.8) is 0 Å². The van der Waals surface area contributed by atoms with Gasteiger partial charge in [0.05, 0.1) is 22.4 Å². The lowest BCUT2D eigenvalue weighted by molar-refractivity contribution is -0.164. The van der Waals surface area contributed by atoms with E-state index in [1.54, 1.807) is 30.3 Å². The van der Waals surface area contributed by atoms with Gasteiger partial charge in [0.15, 0.2) is 12.2 Å². The lowest BCUT2D eigenvalue weighted by atomic mass is 9.49. The number of carbonyl (C=O) groups excluding carboxylic acids is 4. The number of ether oxygens (including phenoxy) is 2. The van der Waals surface area contributed by atoms with Crippen LogP contribution in [0.1, 0.15) is 101 Å². The molecule has 0 radical (unpaired) electrons. The van der Waals surface area contributed by atoms with Crippen LogP contribution in [0.5, 0.6) is 5.75 Å². The molecule has 0 spiro atoms. The fraction of sp³-hybridized carbons (Fsp3) is 0.490. The van der Waals surface area contributed by atoms with Crippen molar-refractivity contribution in [2.24, 2.45) is 16.2 Å². The number of benzene rings is 3. The summed E-state index contributed by atoms with van der Waals surface area (Å²) < 4.78 is 17.5. The molecule has 1 saturated carbocycles. The second-order valence-corrected chi connectivity index (χ2v) is 20.3. The lowest BCUT2D eigenvalue weighted by Crippen LogP contribution is -2.74. The first-order chi connectivity index (χ1) is 31.7. The van der Waals surface area contributed by atoms with Gasteiger partial charge in [0.2, 0.25) is 17.7 Å². The number of hydrogen-bond donors (Lipinski definition) is 5. The van der Waals surface area contributed by atoms with Crippen molar-refractivity contribution in [1.29, 1.82) is 5.26 Å². The first kappa shape index (κ1) is 50.5. The number of likely N-dealkylation sites (tertiary alicyclic amines) is 1. The van der Waals surface area contributed by atoms with Crippen LogP contribution in [-0.4, -0.2) is 95.3 Å². The number of hydrogen-bond acceptors (Lipinski definition) is 11. The van der Waals surface area contributed by atoms with E-state index in [4.69, 9.17) is 25.5 Å². The van der Waals surface area contributed by atoms with E-state index in [0.29, 0.717) is 40.8 Å². The van der Waals surface area contributed by atoms with E-state index >= 15 is 0 Å². The molecule has 16 heteroatoms. The number of nitrogens with one attached hydrogen (secondary N) is 4. The van der Waals surface area contributed by atoms with Gasteiger partial charge < -0.3 is 45.2 Å². The number of carbonyl (C=O) groups is 4. The van der Waals surface area contributed by atoms with Gasteiger partial charge >= 0.3 is 0 Å². The molecule has 4 aromatic rings. The summed E-state index contributed by atoms with van der Waals surface area (Å²) in [6, 6.07) is 20.0. The summed E-state index contributed by atoms with van der Waals surface area (Å²) in [6.45, 7) is 16.7. The molecule has 3 atom stereocenters. The van der Waals surface area contributed by atoms with E-state index in [2.05, 4.69) is 60.0 Å². The Balaban J connectivity index is 0.878. The van der Waals surface area contributed by atoms with Crippen LogP contribution in [0.25, 0.3) is 11.3 Å². The number of unbranched alkanes of at least 4 members (excludes halogenated alkanes) is 2. The number of nitriles is 1. The zero-order valence-corrected chi connectivity index (χ0v) is 40.5. The molecule has 4 amide bonds. The number of aliphatic hydroxyl groups is 1. The molecule has 67 heavy (non-hydrogen) atoms. The number of aliphatic hydroxyl groups excluding tert-OH is 1. The normalized spacial score (nSPS) is 19.9. The Kier molecular flexibility index (Phi) is 16.1. The third kappa shape index (κ3) is 12.2. The Morgan fingerprint density at radius 3 is 2.33 bits per heavy atom. The maximum Gasteiger partial charge on any atom is 0.251 e. The zero-order valence-electron chi connectivity index (χ0n) is 39.7. The third-order valence-corrected chi connectivity index (χ3v) is 13.1. The van der Waals surface area contributed by atoms with Crippen molar-refractivity contribution in [2.45, 2.75) is 118 Å². The molecule has 2 aliphatic rings. The fourth-order valence-electron chi connectivity index (χ4n) is 9.44. The topological polar surface area (TPSA) is 208 Å². The average Bonchev–Trinajstić information content (AvgIpc) is 3.91. The second kappa shape index (κ2) is 21.3. The molecule has 5 N–H and O–H groups in total. The molecule has 2 heterocycles. The van der Waals surface area contributed by atoms with Crippen LogP contribution in [0.15, 0.2) is 77.5 Å². The van der Waals surface area contributed by atoms with Crippen molar-refractivity contribution in [1.82, 2.24) is 25.8 Å². The van der Waals surface area contributed by atoms with Crippen molar-refractivity contribution in [3.05, 3.63) is 101 Å². The number of aryl methyl sites for hydroxylation is 1. The molecule has 0 unspecified atom stereocenters. The number of rotatable bonds is 19. The number of nitrogens with zero attached hydrogens (tertiary/aromatic N) is 3. The van der Waals surface area contributed by atoms with Crippen LogP contribution in [0, 0.1) is 34.5 Å². The largest absolute Gasteiger partial charge is 0.489 e. The first-order valence-electron chi connectivity index (χ1n) is 22.8. The van der Waals surface area contributed by atoms with Crippen molar-refractivity contribution in [2.75, 3.05) is 31.6 Å². The summed E-state index contributed by atoms with van der Waals surface area (Å²) in [5.41, 5.74) is 2.87. The highest BCUT2D eigenvalue weighted by Gasteiger charge is 2.64. The summed E-state index contributed by atoms with van der Waals surface area (Å²) in [4.78, 5) is 59.3. The quantitative estimate of drug-likeness (QED) is 0.0595. The van der Waals surface area contributed by atoms with Gasteiger partial charge in [-0.1, -0.05) is 84.3 Å². The molecule has 358 valence electrons. The number of oxazole rings is 1. The molecular formula is C51H64ClN7O8. The van der Waals surface area contributed by atoms with E-state index in [1.165, 1.54) is 11.3 Å². The van der Waals surface area contributed by atoms with Crippen molar-refractivity contribution in [3.8, 4) is 23.1 Å². The SMILES string of the molecule is Cc1ncoc1-c1ccc(CNC(=O)[C@@H]2C[C@@H](O)CN2C(=O)[C@@H](NC(=O)COCCCCCNc2ccc(C(=O)NC3C(C)(C)C(Oc4ccc(C#N)c(Cl)c4)C3(C)C)cc2)C(C)(C)C)cc1. The molecule has 2 fully saturated rings. The van der Waals surface area contributed by atoms with E-state index in [1.807, 2.05) is 64.1 Å². The van der Waals surface area contributed by atoms with Gasteiger partial charge in [-0.2, -0.15) is 5.26 Å². The highest BCUT2D eigenvalue weighted by atomic mass is 35.5. The van der Waals surface area contributed by atoms with Gasteiger partial charge in [-0.3, -0.25) is 19.2 Å². The summed E-state index contributed by atoms with van der Waals surface area (Å²) in [5.74, 6) is -0.178. The number of aromatic nitrogens is 1. The number of amides is 4. The molecule has 1 saturated heterocycles. The molecule has 3 aromatic carbocycles. The van der Waals surface area contributed by atoms with Crippen LogP contribution in [-0.2, 0) is 25.7 Å². The van der Waals surface area contributed by atoms with E-state index in [0.717, 1.165) is 41.8 Å². The van der Waals surface area contributed by atoms with Crippen LogP contribution < -0.4 is 26.0 Å². The Morgan fingerprint density at radius 2 is 1.70 bits per heavy atom. The Bertz CT molecular complexity index is 2410. The number of anilines is 1. The standard InChI is InChI=1S/C51H64ClN7O8/c1-31-42(66-30-56-31)33-14-12-32(13-15-33)27-55-45(63)40-24-37(60)28-59(40)46(64)43(49(2,3)4)57-41(61)29-65-23-11-9-10-22-54-36-19-16-34(17-20-36)44(62)58-47-50(5,6)48(51(47,7)8)67-38-21-18-35(26-53)39(52)25-38/h12-21,25,30,37,40,43,47-48,54,60H,9-11,22-24,27-29H2,1-8H3,(H,55,63)(H,57,61)(H,58,62)/t37-,40+,43-,47?,48?/m1/s1. The Morgan fingerprint density at radius 1 is 1.00 bits per heavy atom. The predicted molar refractivity (Wildman–Crippen MR) is 255 cm³/mol. The van der Waals surface area contributed by atoms with Crippen LogP contribution in [0.2, 0.25) is 5.02 Å². The third-order valence-electron chi connectivity index (χ3n) is 12.8. The monoisotopic (exact) mass is 937 g/mol. The smallest absolute Gasteiger partial charge is 0.251 e. The molecule has 6 rings (SSSR count). The maximum atomic E-state index is 14.0. The van der Waals surface area contributed by atoms with Gasteiger partial charge in [0, 0.05) is 72.4 Å². The molecule has 1 aliphatic heterocycles. The molecular weight excluding hydrogens is 874 g/mol. The van der Waals surface area contributed by atoms with E-state index in [9.17, 15) is 29.5 Å². The van der Waals surface area contributed by atoms with Crippen LogP contribution >= 0.6 is 11.6 Å². The summed E-state index contributed by atoms with van der Waals surface area (Å²) >= 11 is 6.24. The second-order valence-electron chi connectivity index (χ2n) is 19.9. The zero-order chi connectivity index (χ0) is 48.7.